The van der Waals surface area contributed by atoms with Gasteiger partial charge < -0.3 is 20.4 Å². The molecule has 3 atom stereocenters. The number of benzene rings is 1. The van der Waals surface area contributed by atoms with E-state index in [9.17, 15) is 14.4 Å². The molecule has 1 aromatic carbocycles. The van der Waals surface area contributed by atoms with Gasteiger partial charge in [-0.2, -0.15) is 5.10 Å². The van der Waals surface area contributed by atoms with Crippen molar-refractivity contribution >= 4 is 40.1 Å². The van der Waals surface area contributed by atoms with Crippen LogP contribution in [0.4, 0.5) is 0 Å². The van der Waals surface area contributed by atoms with Gasteiger partial charge in [-0.05, 0) is 43.9 Å². The SMILES string of the molecule is Cc1oc2nc1C(=O)N[C@H](C)c1nc(cs1)C(=O)N[C@H](Cc1ccccc1)CN(Cc1[nH]nc3ncccc13)CC(=O)N[C@H]2C(C)C. The van der Waals surface area contributed by atoms with Crippen molar-refractivity contribution < 1.29 is 18.8 Å². The highest BCUT2D eigenvalue weighted by Crippen LogP contribution is 2.25. The minimum atomic E-state index is -0.584. The van der Waals surface area contributed by atoms with Crippen molar-refractivity contribution in [1.29, 1.82) is 0 Å². The fourth-order valence-electron chi connectivity index (χ4n) is 5.68. The lowest BCUT2D eigenvalue weighted by Gasteiger charge is -2.28. The Morgan fingerprint density at radius 1 is 1.02 bits per heavy atom. The minimum Gasteiger partial charge on any atom is -0.443 e. The van der Waals surface area contributed by atoms with Gasteiger partial charge in [0.25, 0.3) is 11.8 Å². The molecule has 5 heterocycles. The summed E-state index contributed by atoms with van der Waals surface area (Å²) in [6.45, 7) is 8.04. The summed E-state index contributed by atoms with van der Waals surface area (Å²) in [5.74, 6) is -0.537. The monoisotopic (exact) mass is 655 g/mol. The Labute approximate surface area is 275 Å². The fraction of sp³-hybridized carbons (Fsp3) is 0.364. The van der Waals surface area contributed by atoms with Crippen LogP contribution in [0.5, 0.6) is 0 Å². The molecule has 1 aliphatic heterocycles. The molecule has 13 nitrogen and oxygen atoms in total. The zero-order valence-electron chi connectivity index (χ0n) is 26.6. The Bertz CT molecular complexity index is 1880. The van der Waals surface area contributed by atoms with Gasteiger partial charge in [0.1, 0.15) is 22.5 Å². The van der Waals surface area contributed by atoms with Crippen molar-refractivity contribution in [2.75, 3.05) is 13.1 Å². The van der Waals surface area contributed by atoms with Crippen molar-refractivity contribution in [3.05, 3.63) is 93.3 Å². The third kappa shape index (κ3) is 7.39. The Kier molecular flexibility index (Phi) is 9.41. The Morgan fingerprint density at radius 3 is 2.62 bits per heavy atom. The first-order valence-corrected chi connectivity index (χ1v) is 16.4. The van der Waals surface area contributed by atoms with Crippen LogP contribution >= 0.6 is 11.3 Å². The number of rotatable bonds is 5. The number of aromatic nitrogens is 5. The van der Waals surface area contributed by atoms with Crippen LogP contribution in [0.1, 0.15) is 81.7 Å². The lowest BCUT2D eigenvalue weighted by molar-refractivity contribution is -0.123. The number of hydrogen-bond acceptors (Lipinski definition) is 10. The standard InChI is InChI=1S/C33H37N9O4S/c1-18(2)27-32-39-28(20(4)46-32)31(45)35-19(3)33-37-25(17-47-33)30(44)36-22(13-21-9-6-5-7-10-21)14-42(16-26(43)38-27)15-24-23-11-8-12-34-29(23)41-40-24/h5-12,17-19,22,27H,13-16H2,1-4H3,(H,35,45)(H,36,44)(H,38,43)(H,34,40,41)/t19-,22-,27+/m1/s1. The van der Waals surface area contributed by atoms with E-state index in [4.69, 9.17) is 4.42 Å². The van der Waals surface area contributed by atoms with E-state index in [1.54, 1.807) is 25.4 Å². The predicted octanol–water partition coefficient (Wildman–Crippen LogP) is 3.87. The largest absolute Gasteiger partial charge is 0.443 e. The quantitative estimate of drug-likeness (QED) is 0.219. The molecule has 47 heavy (non-hydrogen) atoms. The summed E-state index contributed by atoms with van der Waals surface area (Å²) in [6.07, 6.45) is 2.20. The van der Waals surface area contributed by atoms with E-state index in [2.05, 4.69) is 41.1 Å². The summed E-state index contributed by atoms with van der Waals surface area (Å²) in [5.41, 5.74) is 2.79. The molecule has 4 bridgehead atoms. The van der Waals surface area contributed by atoms with Gasteiger partial charge in [0, 0.05) is 36.1 Å². The molecule has 4 aromatic heterocycles. The molecular weight excluding hydrogens is 618 g/mol. The summed E-state index contributed by atoms with van der Waals surface area (Å²) in [7, 11) is 0. The zero-order valence-corrected chi connectivity index (χ0v) is 27.4. The number of pyridine rings is 1. The van der Waals surface area contributed by atoms with Gasteiger partial charge in [-0.3, -0.25) is 24.4 Å². The topological polar surface area (TPSA) is 171 Å². The zero-order chi connectivity index (χ0) is 33.1. The van der Waals surface area contributed by atoms with E-state index in [1.165, 1.54) is 11.3 Å². The minimum absolute atomic E-state index is 0.00342. The van der Waals surface area contributed by atoms with Gasteiger partial charge in [0.05, 0.1) is 18.3 Å². The van der Waals surface area contributed by atoms with E-state index < -0.39 is 18.0 Å². The molecule has 0 saturated heterocycles. The molecule has 244 valence electrons. The maximum absolute atomic E-state index is 13.8. The Morgan fingerprint density at radius 2 is 1.83 bits per heavy atom. The number of carbonyl (C=O) groups is 3. The average Bonchev–Trinajstić information content (AvgIpc) is 3.79. The van der Waals surface area contributed by atoms with Crippen LogP contribution in [0.2, 0.25) is 0 Å². The summed E-state index contributed by atoms with van der Waals surface area (Å²) in [4.78, 5) is 56.0. The molecule has 0 saturated carbocycles. The van der Waals surface area contributed by atoms with Crippen molar-refractivity contribution in [3.63, 3.8) is 0 Å². The molecular formula is C33H37N9O4S. The van der Waals surface area contributed by atoms with E-state index >= 15 is 0 Å². The number of aryl methyl sites for hydroxylation is 1. The molecule has 0 aliphatic carbocycles. The van der Waals surface area contributed by atoms with Crippen LogP contribution in [-0.2, 0) is 17.8 Å². The Balaban J connectivity index is 1.38. The number of nitrogens with zero attached hydrogens (tertiary/aromatic N) is 5. The molecule has 3 amide bonds. The number of aromatic amines is 1. The summed E-state index contributed by atoms with van der Waals surface area (Å²) in [5, 5.41) is 19.7. The normalized spacial score (nSPS) is 20.0. The van der Waals surface area contributed by atoms with Gasteiger partial charge in [-0.1, -0.05) is 44.2 Å². The van der Waals surface area contributed by atoms with Crippen molar-refractivity contribution in [2.24, 2.45) is 5.92 Å². The second-order valence-corrected chi connectivity index (χ2v) is 13.0. The average molecular weight is 656 g/mol. The highest BCUT2D eigenvalue weighted by Gasteiger charge is 2.30. The number of oxazole rings is 1. The highest BCUT2D eigenvalue weighted by atomic mass is 32.1. The second-order valence-electron chi connectivity index (χ2n) is 12.1. The van der Waals surface area contributed by atoms with Crippen LogP contribution in [-0.4, -0.2) is 66.9 Å². The van der Waals surface area contributed by atoms with Gasteiger partial charge in [-0.15, -0.1) is 11.3 Å². The maximum Gasteiger partial charge on any atom is 0.274 e. The molecule has 5 aromatic rings. The Hall–Kier alpha value is -4.95. The van der Waals surface area contributed by atoms with Gasteiger partial charge >= 0.3 is 0 Å². The third-order valence-corrected chi connectivity index (χ3v) is 9.07. The van der Waals surface area contributed by atoms with Crippen LogP contribution < -0.4 is 16.0 Å². The fourth-order valence-corrected chi connectivity index (χ4v) is 6.48. The summed E-state index contributed by atoms with van der Waals surface area (Å²) < 4.78 is 5.96. The second kappa shape index (κ2) is 13.8. The number of amides is 3. The lowest BCUT2D eigenvalue weighted by Crippen LogP contribution is -2.48. The van der Waals surface area contributed by atoms with Crippen LogP contribution in [0.15, 0.2) is 58.5 Å². The first-order chi connectivity index (χ1) is 22.6. The number of nitrogens with one attached hydrogen (secondary N) is 4. The summed E-state index contributed by atoms with van der Waals surface area (Å²) in [6, 6.07) is 12.2. The van der Waals surface area contributed by atoms with Gasteiger partial charge in [0.15, 0.2) is 11.3 Å². The molecule has 0 fully saturated rings. The predicted molar refractivity (Wildman–Crippen MR) is 176 cm³/mol. The van der Waals surface area contributed by atoms with Crippen LogP contribution in [0.25, 0.3) is 11.0 Å². The van der Waals surface area contributed by atoms with Gasteiger partial charge in [0.2, 0.25) is 11.8 Å². The van der Waals surface area contributed by atoms with E-state index in [1.807, 2.05) is 61.2 Å². The molecule has 1 aliphatic rings. The molecule has 4 N–H and O–H groups in total. The summed E-state index contributed by atoms with van der Waals surface area (Å²) >= 11 is 1.29. The number of carbonyl (C=O) groups excluding carboxylic acids is 3. The van der Waals surface area contributed by atoms with Crippen molar-refractivity contribution in [3.8, 4) is 0 Å². The number of hydrogen-bond donors (Lipinski definition) is 4. The first kappa shape index (κ1) is 32.0. The highest BCUT2D eigenvalue weighted by molar-refractivity contribution is 7.09. The lowest BCUT2D eigenvalue weighted by atomic mass is 10.0. The van der Waals surface area contributed by atoms with Gasteiger partial charge in [-0.25, -0.2) is 15.0 Å². The third-order valence-electron chi connectivity index (χ3n) is 8.05. The molecule has 0 radical (unpaired) electrons. The molecule has 6 rings (SSSR count). The van der Waals surface area contributed by atoms with Crippen LogP contribution in [0.3, 0.4) is 0 Å². The number of thiazole rings is 1. The van der Waals surface area contributed by atoms with Crippen molar-refractivity contribution in [2.45, 2.75) is 58.8 Å². The molecule has 14 heteroatoms. The number of H-pyrrole nitrogens is 1. The van der Waals surface area contributed by atoms with E-state index in [-0.39, 0.29) is 47.6 Å². The van der Waals surface area contributed by atoms with E-state index in [0.29, 0.717) is 35.9 Å². The smallest absolute Gasteiger partial charge is 0.274 e. The maximum atomic E-state index is 13.8. The molecule has 0 unspecified atom stereocenters. The van der Waals surface area contributed by atoms with Crippen LogP contribution in [0, 0.1) is 12.8 Å². The number of fused-ring (bicyclic) bond motifs is 5. The first-order valence-electron chi connectivity index (χ1n) is 15.5. The molecule has 0 spiro atoms. The van der Waals surface area contributed by atoms with Crippen molar-refractivity contribution in [1.82, 2.24) is 46.0 Å². The van der Waals surface area contributed by atoms with E-state index in [0.717, 1.165) is 16.6 Å².